The minimum Gasteiger partial charge on any atom is -0.462 e. The van der Waals surface area contributed by atoms with E-state index < -0.39 is 78.4 Å². The summed E-state index contributed by atoms with van der Waals surface area (Å²) in [4.78, 5) is 52.6. The summed E-state index contributed by atoms with van der Waals surface area (Å²) in [6.07, 6.45) is 32.7. The molecule has 5 atom stereocenters. The number of rotatable bonds is 39. The van der Waals surface area contributed by atoms with Crippen LogP contribution in [-0.4, -0.2) is 92.8 Å². The van der Waals surface area contributed by atoms with Crippen molar-refractivity contribution in [2.24, 2.45) is 5.92 Å². The molecule has 0 aliphatic rings. The van der Waals surface area contributed by atoms with E-state index in [1.54, 1.807) is 42.5 Å². The normalized spacial score (nSPS) is 15.8. The molecule has 0 aliphatic carbocycles. The van der Waals surface area contributed by atoms with Gasteiger partial charge in [-0.25, -0.2) is 9.13 Å². The van der Waals surface area contributed by atoms with Gasteiger partial charge in [0.15, 0.2) is 6.10 Å². The van der Waals surface area contributed by atoms with Crippen LogP contribution in [0.1, 0.15) is 136 Å². The van der Waals surface area contributed by atoms with Crippen molar-refractivity contribution in [2.75, 3.05) is 26.4 Å². The van der Waals surface area contributed by atoms with Crippen LogP contribution in [0.4, 0.5) is 0 Å². The molecule has 0 radical (unpaired) electrons. The van der Waals surface area contributed by atoms with Crippen molar-refractivity contribution in [3.63, 3.8) is 0 Å². The second-order valence-electron chi connectivity index (χ2n) is 15.1. The van der Waals surface area contributed by atoms with E-state index in [1.807, 2.05) is 37.3 Å². The maximum Gasteiger partial charge on any atom is 0.472 e. The van der Waals surface area contributed by atoms with E-state index in [0.717, 1.165) is 38.0 Å². The third kappa shape index (κ3) is 42.6. The Kier molecular flexibility index (Phi) is 36.4. The lowest BCUT2D eigenvalue weighted by Gasteiger charge is -2.20. The van der Waals surface area contributed by atoms with Gasteiger partial charge in [-0.1, -0.05) is 158 Å². The Balaban J connectivity index is 4.74. The fourth-order valence-electron chi connectivity index (χ4n) is 5.38. The molecule has 0 bridgehead atoms. The highest BCUT2D eigenvalue weighted by Crippen LogP contribution is 2.43. The SMILES string of the molecule is CC/C=C\C[C@@H](O)/C=C/C=C\C=C\[C@@H](O)C/C=C\C/C=C\CCC(=O)OC[C@H](COP(=O)(O)OC[C@@H](O)COP(=O)(O)O)OC(=O)CCCCCCCCCCCCC(C)C. The molecule has 15 nitrogen and oxygen atoms in total. The number of aliphatic hydroxyl groups is 3. The zero-order valence-electron chi connectivity index (χ0n) is 36.6. The zero-order valence-corrected chi connectivity index (χ0v) is 38.4. The van der Waals surface area contributed by atoms with E-state index in [2.05, 4.69) is 22.9 Å². The highest BCUT2D eigenvalue weighted by atomic mass is 31.2. The van der Waals surface area contributed by atoms with Crippen LogP contribution in [0.25, 0.3) is 0 Å². The first kappa shape index (κ1) is 58.5. The Bertz CT molecular complexity index is 1400. The van der Waals surface area contributed by atoms with Crippen LogP contribution in [0.2, 0.25) is 0 Å². The average Bonchev–Trinajstić information content (AvgIpc) is 3.19. The molecule has 0 heterocycles. The predicted octanol–water partition coefficient (Wildman–Crippen LogP) is 8.80. The number of hydrogen-bond donors (Lipinski definition) is 6. The Labute approximate surface area is 364 Å². The molecule has 0 aromatic carbocycles. The maximum atomic E-state index is 12.6. The number of phosphoric acid groups is 2. The van der Waals surface area contributed by atoms with Gasteiger partial charge in [0.25, 0.3) is 0 Å². The number of aliphatic hydroxyl groups excluding tert-OH is 3. The molecule has 0 amide bonds. The van der Waals surface area contributed by atoms with Crippen molar-refractivity contribution in [3.05, 3.63) is 72.9 Å². The van der Waals surface area contributed by atoms with Crippen molar-refractivity contribution in [2.45, 2.75) is 161 Å². The number of phosphoric ester groups is 2. The molecule has 0 aromatic heterocycles. The molecule has 0 fully saturated rings. The molecule has 6 N–H and O–H groups in total. The summed E-state index contributed by atoms with van der Waals surface area (Å²) >= 11 is 0. The number of esters is 2. The smallest absolute Gasteiger partial charge is 0.462 e. The first-order chi connectivity index (χ1) is 29.0. The van der Waals surface area contributed by atoms with Gasteiger partial charge in [-0.05, 0) is 44.4 Å². The standard InChI is InChI=1S/C44H76O15P2/c1-4-5-20-28-39(45)30-23-18-19-24-31-40(46)29-22-15-12-13-16-25-32-43(48)55-36-42(37-58-61(53,54)57-35-41(47)34-56-60(50,51)52)59-44(49)33-26-17-11-9-7-6-8-10-14-21-27-38(2)3/h5,13,15-16,18-20,22-24,30-31,38-42,45-47H,4,6-12,14,17,21,25-29,32-37H2,1-3H3,(H,53,54)(H2,50,51,52)/b16-13-,19-18-,20-5-,22-15-,30-23+,31-24+/t39-,40+,41+,42-/m1/s1. The van der Waals surface area contributed by atoms with E-state index in [9.17, 15) is 38.9 Å². The fraction of sp³-hybridized carbons (Fsp3) is 0.682. The van der Waals surface area contributed by atoms with Crippen molar-refractivity contribution in [1.82, 2.24) is 0 Å². The van der Waals surface area contributed by atoms with Crippen LogP contribution in [0.15, 0.2) is 72.9 Å². The second-order valence-corrected chi connectivity index (χ2v) is 17.8. The molecule has 0 aromatic rings. The molecule has 17 heteroatoms. The number of hydrogen-bond acceptors (Lipinski definition) is 12. The minimum atomic E-state index is -4.88. The van der Waals surface area contributed by atoms with Gasteiger partial charge in [-0.2, -0.15) is 0 Å². The summed E-state index contributed by atoms with van der Waals surface area (Å²) in [6.45, 7) is 3.64. The number of allylic oxidation sites excluding steroid dienone is 8. The lowest BCUT2D eigenvalue weighted by Crippen LogP contribution is -2.29. The molecule has 0 aliphatic heterocycles. The molecule has 61 heavy (non-hydrogen) atoms. The van der Waals surface area contributed by atoms with E-state index in [1.165, 1.54) is 38.5 Å². The van der Waals surface area contributed by atoms with Crippen LogP contribution in [0.3, 0.4) is 0 Å². The highest BCUT2D eigenvalue weighted by Gasteiger charge is 2.28. The first-order valence-electron chi connectivity index (χ1n) is 21.7. The molecule has 0 saturated carbocycles. The molecule has 0 spiro atoms. The molecule has 0 saturated heterocycles. The summed E-state index contributed by atoms with van der Waals surface area (Å²) in [5, 5.41) is 29.7. The second kappa shape index (κ2) is 38.0. The van der Waals surface area contributed by atoms with Gasteiger partial charge in [0.1, 0.15) is 12.7 Å². The monoisotopic (exact) mass is 906 g/mol. The van der Waals surface area contributed by atoms with Gasteiger partial charge in [0.2, 0.25) is 0 Å². The van der Waals surface area contributed by atoms with Gasteiger partial charge in [0, 0.05) is 12.8 Å². The Hall–Kier alpha value is -2.52. The summed E-state index contributed by atoms with van der Waals surface area (Å²) < 4.78 is 47.6. The average molecular weight is 907 g/mol. The molecule has 1 unspecified atom stereocenters. The number of carbonyl (C=O) groups excluding carboxylic acids is 2. The summed E-state index contributed by atoms with van der Waals surface area (Å²) in [5.74, 6) is -0.450. The third-order valence-corrected chi connectivity index (χ3v) is 10.1. The quantitative estimate of drug-likeness (QED) is 0.0111. The van der Waals surface area contributed by atoms with Crippen molar-refractivity contribution >= 4 is 27.6 Å². The fourth-order valence-corrected chi connectivity index (χ4v) is 6.54. The summed E-state index contributed by atoms with van der Waals surface area (Å²) in [7, 11) is -9.73. The van der Waals surface area contributed by atoms with Gasteiger partial charge < -0.3 is 39.5 Å². The van der Waals surface area contributed by atoms with Crippen molar-refractivity contribution in [1.29, 1.82) is 0 Å². The first-order valence-corrected chi connectivity index (χ1v) is 24.7. The molecular formula is C44H76O15P2. The van der Waals surface area contributed by atoms with Crippen LogP contribution in [0.5, 0.6) is 0 Å². The van der Waals surface area contributed by atoms with Gasteiger partial charge in [0.05, 0.1) is 32.0 Å². The van der Waals surface area contributed by atoms with Gasteiger partial charge in [-0.15, -0.1) is 0 Å². The van der Waals surface area contributed by atoms with E-state index in [4.69, 9.17) is 23.8 Å². The van der Waals surface area contributed by atoms with E-state index in [-0.39, 0.29) is 12.8 Å². The Morgan fingerprint density at radius 3 is 1.69 bits per heavy atom. The van der Waals surface area contributed by atoms with Crippen LogP contribution in [0, 0.1) is 5.92 Å². The minimum absolute atomic E-state index is 0.0110. The number of carbonyl (C=O) groups is 2. The largest absolute Gasteiger partial charge is 0.472 e. The van der Waals surface area contributed by atoms with Gasteiger partial charge in [-0.3, -0.25) is 23.2 Å². The van der Waals surface area contributed by atoms with Gasteiger partial charge >= 0.3 is 27.6 Å². The van der Waals surface area contributed by atoms with Crippen LogP contribution >= 0.6 is 15.6 Å². The van der Waals surface area contributed by atoms with Crippen LogP contribution in [-0.2, 0) is 41.8 Å². The Morgan fingerprint density at radius 2 is 1.11 bits per heavy atom. The maximum absolute atomic E-state index is 12.6. The summed E-state index contributed by atoms with van der Waals surface area (Å²) in [6, 6.07) is 0. The van der Waals surface area contributed by atoms with Crippen molar-refractivity contribution in [3.8, 4) is 0 Å². The summed E-state index contributed by atoms with van der Waals surface area (Å²) in [5.41, 5.74) is 0. The van der Waals surface area contributed by atoms with E-state index in [0.29, 0.717) is 32.1 Å². The molecular weight excluding hydrogens is 830 g/mol. The number of ether oxygens (including phenoxy) is 2. The predicted molar refractivity (Wildman–Crippen MR) is 237 cm³/mol. The van der Waals surface area contributed by atoms with E-state index >= 15 is 0 Å². The third-order valence-electron chi connectivity index (χ3n) is 8.71. The lowest BCUT2D eigenvalue weighted by atomic mass is 10.0. The Morgan fingerprint density at radius 1 is 0.590 bits per heavy atom. The molecule has 0 rings (SSSR count). The zero-order chi connectivity index (χ0) is 45.6. The van der Waals surface area contributed by atoms with Crippen molar-refractivity contribution < 1.29 is 71.8 Å². The highest BCUT2D eigenvalue weighted by molar-refractivity contribution is 7.47. The molecule has 352 valence electrons. The number of unbranched alkanes of at least 4 members (excludes halogenated alkanes) is 9. The van der Waals surface area contributed by atoms with Crippen LogP contribution < -0.4 is 0 Å². The topological polar surface area (TPSA) is 236 Å². The lowest BCUT2D eigenvalue weighted by molar-refractivity contribution is -0.161.